The summed E-state index contributed by atoms with van der Waals surface area (Å²) in [5.74, 6) is -0.0109. The molecule has 6 heteroatoms. The topological polar surface area (TPSA) is 73.2 Å². The molecule has 5 nitrogen and oxygen atoms in total. The van der Waals surface area contributed by atoms with E-state index in [1.165, 1.54) is 0 Å². The third kappa shape index (κ3) is 3.37. The number of nitrogens with zero attached hydrogens (tertiary/aromatic N) is 2. The van der Waals surface area contributed by atoms with Crippen molar-refractivity contribution >= 4 is 10.0 Å². The molecule has 1 unspecified atom stereocenters. The number of benzene rings is 1. The first-order chi connectivity index (χ1) is 9.56. The first-order valence-corrected chi connectivity index (χ1v) is 8.37. The van der Waals surface area contributed by atoms with Crippen molar-refractivity contribution < 1.29 is 8.42 Å². The van der Waals surface area contributed by atoms with Gasteiger partial charge in [0.25, 0.3) is 0 Å². The summed E-state index contributed by atoms with van der Waals surface area (Å²) < 4.78 is 26.6. The van der Waals surface area contributed by atoms with Gasteiger partial charge in [0.2, 0.25) is 10.0 Å². The lowest BCUT2D eigenvalue weighted by atomic mass is 10.2. The Kier molecular flexibility index (Phi) is 4.76. The molecule has 1 saturated heterocycles. The third-order valence-corrected chi connectivity index (χ3v) is 5.51. The Morgan fingerprint density at radius 2 is 2.10 bits per heavy atom. The Hall–Kier alpha value is -1.42. The van der Waals surface area contributed by atoms with E-state index in [0.717, 1.165) is 19.5 Å². The molecule has 0 radical (unpaired) electrons. The summed E-state index contributed by atoms with van der Waals surface area (Å²) in [6.45, 7) is 3.95. The summed E-state index contributed by atoms with van der Waals surface area (Å²) in [6.07, 6.45) is 0.862. The van der Waals surface area contributed by atoms with Crippen LogP contribution in [0, 0.1) is 11.3 Å². The molecule has 1 aromatic rings. The van der Waals surface area contributed by atoms with Crippen LogP contribution in [0.25, 0.3) is 0 Å². The van der Waals surface area contributed by atoms with Crippen LogP contribution in [-0.4, -0.2) is 38.4 Å². The van der Waals surface area contributed by atoms with Crippen LogP contribution >= 0.6 is 0 Å². The summed E-state index contributed by atoms with van der Waals surface area (Å²) in [6, 6.07) is 8.80. The highest BCUT2D eigenvalue weighted by atomic mass is 32.2. The van der Waals surface area contributed by atoms with E-state index in [1.54, 1.807) is 28.6 Å². The predicted molar refractivity (Wildman–Crippen MR) is 77.4 cm³/mol. The fraction of sp³-hybridized carbons (Fsp3) is 0.500. The minimum Gasteiger partial charge on any atom is -0.315 e. The van der Waals surface area contributed by atoms with Crippen LogP contribution in [0.4, 0.5) is 0 Å². The number of rotatable bonds is 5. The minimum atomic E-state index is -3.32. The highest BCUT2D eigenvalue weighted by Crippen LogP contribution is 2.17. The first-order valence-electron chi connectivity index (χ1n) is 6.76. The second kappa shape index (κ2) is 6.35. The molecular weight excluding hydrogens is 274 g/mol. The van der Waals surface area contributed by atoms with Crippen LogP contribution in [0.3, 0.4) is 0 Å². The molecule has 1 N–H and O–H groups in total. The zero-order chi connectivity index (χ0) is 14.6. The van der Waals surface area contributed by atoms with E-state index in [-0.39, 0.29) is 11.8 Å². The smallest absolute Gasteiger partial charge is 0.218 e. The summed E-state index contributed by atoms with van der Waals surface area (Å²) in [7, 11) is -3.32. The number of sulfonamides is 1. The van der Waals surface area contributed by atoms with Gasteiger partial charge in [-0.1, -0.05) is 19.1 Å². The molecule has 1 atom stereocenters. The van der Waals surface area contributed by atoms with E-state index >= 15 is 0 Å². The van der Waals surface area contributed by atoms with Crippen molar-refractivity contribution in [3.8, 4) is 6.07 Å². The number of hydrogen-bond acceptors (Lipinski definition) is 4. The maximum atomic E-state index is 12.5. The standard InChI is InChI=1S/C14H19N3O2S/c1-2-17(14-7-8-16-10-14)20(18,19)11-13-5-3-12(9-15)4-6-13/h3-6,14,16H,2,7-8,10-11H2,1H3. The molecule has 0 bridgehead atoms. The van der Waals surface area contributed by atoms with Crippen molar-refractivity contribution in [2.75, 3.05) is 19.6 Å². The van der Waals surface area contributed by atoms with Gasteiger partial charge in [0.05, 0.1) is 17.4 Å². The van der Waals surface area contributed by atoms with Gasteiger partial charge < -0.3 is 5.32 Å². The van der Waals surface area contributed by atoms with E-state index in [1.807, 2.05) is 13.0 Å². The normalized spacial score (nSPS) is 19.1. The van der Waals surface area contributed by atoms with E-state index in [2.05, 4.69) is 5.32 Å². The number of hydrogen-bond donors (Lipinski definition) is 1. The molecule has 1 aliphatic heterocycles. The number of nitriles is 1. The average Bonchev–Trinajstić information content (AvgIpc) is 2.93. The SMILES string of the molecule is CCN(C1CCNC1)S(=O)(=O)Cc1ccc(C#N)cc1. The predicted octanol–water partition coefficient (Wildman–Crippen LogP) is 1.07. The second-order valence-electron chi connectivity index (χ2n) is 4.91. The average molecular weight is 293 g/mol. The molecule has 0 spiro atoms. The molecule has 0 aliphatic carbocycles. The Morgan fingerprint density at radius 3 is 2.60 bits per heavy atom. The number of likely N-dealkylation sites (N-methyl/N-ethyl adjacent to an activating group) is 1. The van der Waals surface area contributed by atoms with Crippen molar-refractivity contribution in [2.45, 2.75) is 25.1 Å². The van der Waals surface area contributed by atoms with E-state index in [9.17, 15) is 8.42 Å². The first kappa shape index (κ1) is 15.0. The Balaban J connectivity index is 2.14. The third-order valence-electron chi connectivity index (χ3n) is 3.54. The van der Waals surface area contributed by atoms with Gasteiger partial charge in [0, 0.05) is 19.1 Å². The fourth-order valence-electron chi connectivity index (χ4n) is 2.54. The van der Waals surface area contributed by atoms with Crippen molar-refractivity contribution in [1.82, 2.24) is 9.62 Å². The van der Waals surface area contributed by atoms with Gasteiger partial charge in [-0.3, -0.25) is 0 Å². The fourth-order valence-corrected chi connectivity index (χ4v) is 4.34. The summed E-state index contributed by atoms with van der Waals surface area (Å²) >= 11 is 0. The Labute approximate surface area is 120 Å². The van der Waals surface area contributed by atoms with Crippen molar-refractivity contribution in [3.05, 3.63) is 35.4 Å². The lowest BCUT2D eigenvalue weighted by Crippen LogP contribution is -2.41. The van der Waals surface area contributed by atoms with Crippen LogP contribution in [0.1, 0.15) is 24.5 Å². The van der Waals surface area contributed by atoms with E-state index in [0.29, 0.717) is 17.7 Å². The summed E-state index contributed by atoms with van der Waals surface area (Å²) in [5, 5.41) is 11.9. The molecule has 1 aliphatic rings. The van der Waals surface area contributed by atoms with Gasteiger partial charge in [-0.2, -0.15) is 9.57 Å². The maximum absolute atomic E-state index is 12.5. The van der Waals surface area contributed by atoms with Crippen LogP contribution in [0.15, 0.2) is 24.3 Å². The minimum absolute atomic E-state index is 0.0109. The molecule has 1 aromatic carbocycles. The highest BCUT2D eigenvalue weighted by Gasteiger charge is 2.30. The molecule has 108 valence electrons. The van der Waals surface area contributed by atoms with E-state index < -0.39 is 10.0 Å². The van der Waals surface area contributed by atoms with Gasteiger partial charge in [-0.05, 0) is 30.7 Å². The Bertz CT molecular complexity index is 584. The largest absolute Gasteiger partial charge is 0.315 e. The van der Waals surface area contributed by atoms with Gasteiger partial charge in [-0.15, -0.1) is 0 Å². The highest BCUT2D eigenvalue weighted by molar-refractivity contribution is 7.88. The molecule has 1 heterocycles. The molecule has 2 rings (SSSR count). The lowest BCUT2D eigenvalue weighted by molar-refractivity contribution is 0.348. The second-order valence-corrected chi connectivity index (χ2v) is 6.84. The van der Waals surface area contributed by atoms with E-state index in [4.69, 9.17) is 5.26 Å². The molecule has 0 aromatic heterocycles. The Morgan fingerprint density at radius 1 is 1.40 bits per heavy atom. The number of nitrogens with one attached hydrogen (secondary N) is 1. The van der Waals surface area contributed by atoms with Crippen molar-refractivity contribution in [3.63, 3.8) is 0 Å². The summed E-state index contributed by atoms with van der Waals surface area (Å²) in [5.41, 5.74) is 1.26. The van der Waals surface area contributed by atoms with Crippen molar-refractivity contribution in [2.24, 2.45) is 0 Å². The maximum Gasteiger partial charge on any atom is 0.218 e. The van der Waals surface area contributed by atoms with Crippen molar-refractivity contribution in [1.29, 1.82) is 5.26 Å². The van der Waals surface area contributed by atoms with Gasteiger partial charge in [0.15, 0.2) is 0 Å². The van der Waals surface area contributed by atoms with Crippen LogP contribution in [0.2, 0.25) is 0 Å². The van der Waals surface area contributed by atoms with Gasteiger partial charge in [0.1, 0.15) is 0 Å². The monoisotopic (exact) mass is 293 g/mol. The van der Waals surface area contributed by atoms with Gasteiger partial charge in [-0.25, -0.2) is 8.42 Å². The molecule has 0 saturated carbocycles. The summed E-state index contributed by atoms with van der Waals surface area (Å²) in [4.78, 5) is 0. The lowest BCUT2D eigenvalue weighted by Gasteiger charge is -2.26. The van der Waals surface area contributed by atoms with Crippen LogP contribution < -0.4 is 5.32 Å². The molecular formula is C14H19N3O2S. The molecule has 20 heavy (non-hydrogen) atoms. The zero-order valence-electron chi connectivity index (χ0n) is 11.5. The van der Waals surface area contributed by atoms with Gasteiger partial charge >= 0.3 is 0 Å². The quantitative estimate of drug-likeness (QED) is 0.881. The molecule has 1 fully saturated rings. The zero-order valence-corrected chi connectivity index (χ0v) is 12.4. The van der Waals surface area contributed by atoms with Crippen LogP contribution in [-0.2, 0) is 15.8 Å². The van der Waals surface area contributed by atoms with Crippen LogP contribution in [0.5, 0.6) is 0 Å². The molecule has 0 amide bonds.